The van der Waals surface area contributed by atoms with Crippen LogP contribution in [0.25, 0.3) is 11.1 Å². The van der Waals surface area contributed by atoms with E-state index < -0.39 is 10.8 Å². The van der Waals surface area contributed by atoms with E-state index in [4.69, 9.17) is 0 Å². The molecule has 0 saturated carbocycles. The fourth-order valence-electron chi connectivity index (χ4n) is 2.33. The van der Waals surface area contributed by atoms with Gasteiger partial charge in [-0.15, -0.1) is 11.3 Å². The Balaban J connectivity index is 1.57. The Morgan fingerprint density at radius 1 is 1.04 bits per heavy atom. The molecule has 0 saturated heterocycles. The Labute approximate surface area is 172 Å². The highest BCUT2D eigenvalue weighted by molar-refractivity contribution is 8.00. The van der Waals surface area contributed by atoms with E-state index in [9.17, 15) is 4.21 Å². The van der Waals surface area contributed by atoms with Crippen molar-refractivity contribution in [1.29, 1.82) is 0 Å². The lowest BCUT2D eigenvalue weighted by molar-refractivity contribution is 0.648. The molecule has 6 heteroatoms. The topological polar surface area (TPSA) is 42.0 Å². The summed E-state index contributed by atoms with van der Waals surface area (Å²) in [6.07, 6.45) is 0. The number of rotatable bonds is 6. The van der Waals surface area contributed by atoms with Crippen molar-refractivity contribution in [3.8, 4) is 11.1 Å². The fourth-order valence-corrected chi connectivity index (χ4v) is 4.68. The van der Waals surface area contributed by atoms with E-state index in [1.54, 1.807) is 11.3 Å². The number of nitrogens with zero attached hydrogens (tertiary/aromatic N) is 1. The summed E-state index contributed by atoms with van der Waals surface area (Å²) in [4.78, 5) is 5.67. The van der Waals surface area contributed by atoms with Crippen LogP contribution in [0.5, 0.6) is 0 Å². The smallest absolute Gasteiger partial charge is 0.193 e. The fraction of sp³-hybridized carbons (Fsp3) is 0.286. The summed E-state index contributed by atoms with van der Waals surface area (Å²) < 4.78 is 15.3. The molecule has 0 aliphatic heterocycles. The number of aryl methyl sites for hydroxylation is 1. The van der Waals surface area contributed by atoms with Gasteiger partial charge in [-0.05, 0) is 62.9 Å². The van der Waals surface area contributed by atoms with Gasteiger partial charge >= 0.3 is 0 Å². The molecule has 0 amide bonds. The van der Waals surface area contributed by atoms with E-state index in [-0.39, 0.29) is 4.75 Å². The molecule has 0 aliphatic rings. The largest absolute Gasteiger partial charge is 0.302 e. The van der Waals surface area contributed by atoms with Crippen LogP contribution < -0.4 is 4.72 Å². The molecule has 3 rings (SSSR count). The number of hydrogen-bond donors (Lipinski definition) is 1. The zero-order valence-electron chi connectivity index (χ0n) is 16.0. The standard InChI is InChI=1S/C21H24N2OS3/c1-15-5-7-16(8-6-15)17-9-11-19(12-10-17)26-23-20-22-18(13-25-20)14-27(24)21(2,3)4/h5-13H,14H2,1-4H3,(H,22,23). The maximum atomic E-state index is 12.2. The summed E-state index contributed by atoms with van der Waals surface area (Å²) in [6.45, 7) is 8.07. The first-order valence-electron chi connectivity index (χ1n) is 8.74. The van der Waals surface area contributed by atoms with Crippen molar-refractivity contribution in [3.63, 3.8) is 0 Å². The molecule has 0 fully saturated rings. The van der Waals surface area contributed by atoms with Crippen LogP contribution in [0.15, 0.2) is 58.8 Å². The van der Waals surface area contributed by atoms with E-state index in [1.807, 2.05) is 26.2 Å². The Bertz CT molecular complexity index is 910. The van der Waals surface area contributed by atoms with E-state index in [1.165, 1.54) is 28.6 Å². The van der Waals surface area contributed by atoms with E-state index in [0.717, 1.165) is 15.7 Å². The average Bonchev–Trinajstić information content (AvgIpc) is 3.08. The molecular formula is C21H24N2OS3. The third-order valence-electron chi connectivity index (χ3n) is 4.01. The average molecular weight is 417 g/mol. The number of thiazole rings is 1. The summed E-state index contributed by atoms with van der Waals surface area (Å²) in [5, 5.41) is 2.82. The lowest BCUT2D eigenvalue weighted by Crippen LogP contribution is -2.23. The summed E-state index contributed by atoms with van der Waals surface area (Å²) in [6, 6.07) is 17.0. The third-order valence-corrected chi connectivity index (χ3v) is 7.67. The van der Waals surface area contributed by atoms with E-state index in [0.29, 0.717) is 5.75 Å². The Morgan fingerprint density at radius 2 is 1.63 bits per heavy atom. The van der Waals surface area contributed by atoms with Gasteiger partial charge < -0.3 is 4.72 Å². The maximum absolute atomic E-state index is 12.2. The maximum Gasteiger partial charge on any atom is 0.193 e. The Morgan fingerprint density at radius 3 is 2.22 bits per heavy atom. The van der Waals surface area contributed by atoms with Crippen LogP contribution in [-0.2, 0) is 16.6 Å². The number of benzene rings is 2. The molecular weight excluding hydrogens is 392 g/mol. The number of aromatic nitrogens is 1. The van der Waals surface area contributed by atoms with Gasteiger partial charge in [0.05, 0.1) is 11.4 Å². The lowest BCUT2D eigenvalue weighted by Gasteiger charge is -2.16. The zero-order chi connectivity index (χ0) is 19.4. The summed E-state index contributed by atoms with van der Waals surface area (Å²) in [5.74, 6) is 0.498. The highest BCUT2D eigenvalue weighted by atomic mass is 32.2. The van der Waals surface area contributed by atoms with Crippen LogP contribution in [-0.4, -0.2) is 13.9 Å². The molecule has 2 aromatic carbocycles. The molecule has 1 atom stereocenters. The van der Waals surface area contributed by atoms with Crippen LogP contribution in [0.2, 0.25) is 0 Å². The number of nitrogens with one attached hydrogen (secondary N) is 1. The minimum absolute atomic E-state index is 0.217. The third kappa shape index (κ3) is 5.67. The highest BCUT2D eigenvalue weighted by Crippen LogP contribution is 2.27. The minimum atomic E-state index is -0.928. The van der Waals surface area contributed by atoms with Gasteiger partial charge in [-0.3, -0.25) is 4.21 Å². The lowest BCUT2D eigenvalue weighted by atomic mass is 10.0. The predicted octanol–water partition coefficient (Wildman–Crippen LogP) is 6.28. The second-order valence-corrected chi connectivity index (χ2v) is 11.3. The zero-order valence-corrected chi connectivity index (χ0v) is 18.4. The van der Waals surface area contributed by atoms with Gasteiger partial charge in [0, 0.05) is 25.8 Å². The number of hydrogen-bond acceptors (Lipinski definition) is 5. The van der Waals surface area contributed by atoms with Crippen LogP contribution >= 0.6 is 23.3 Å². The molecule has 27 heavy (non-hydrogen) atoms. The molecule has 0 radical (unpaired) electrons. The molecule has 0 aliphatic carbocycles. The van der Waals surface area contributed by atoms with Crippen molar-refractivity contribution >= 4 is 39.2 Å². The summed E-state index contributed by atoms with van der Waals surface area (Å²) in [7, 11) is -0.928. The van der Waals surface area contributed by atoms with E-state index in [2.05, 4.69) is 65.2 Å². The first-order chi connectivity index (χ1) is 12.8. The van der Waals surface area contributed by atoms with Gasteiger partial charge in [-0.2, -0.15) is 0 Å². The van der Waals surface area contributed by atoms with Gasteiger partial charge in [-0.25, -0.2) is 4.98 Å². The van der Waals surface area contributed by atoms with Crippen molar-refractivity contribution in [2.24, 2.45) is 0 Å². The van der Waals surface area contributed by atoms with Gasteiger partial charge in [0.1, 0.15) is 0 Å². The van der Waals surface area contributed by atoms with Gasteiger partial charge in [-0.1, -0.05) is 42.0 Å². The van der Waals surface area contributed by atoms with Crippen molar-refractivity contribution < 1.29 is 4.21 Å². The molecule has 142 valence electrons. The van der Waals surface area contributed by atoms with Crippen molar-refractivity contribution in [2.45, 2.75) is 43.1 Å². The van der Waals surface area contributed by atoms with Crippen LogP contribution in [0.3, 0.4) is 0 Å². The number of anilines is 1. The van der Waals surface area contributed by atoms with Crippen molar-refractivity contribution in [3.05, 3.63) is 65.2 Å². The summed E-state index contributed by atoms with van der Waals surface area (Å²) >= 11 is 3.08. The molecule has 1 N–H and O–H groups in total. The Hall–Kier alpha value is -1.63. The molecule has 1 heterocycles. The van der Waals surface area contributed by atoms with Crippen molar-refractivity contribution in [1.82, 2.24) is 4.98 Å². The first kappa shape index (κ1) is 20.1. The van der Waals surface area contributed by atoms with Gasteiger partial charge in [0.25, 0.3) is 0 Å². The second-order valence-electron chi connectivity index (χ2n) is 7.34. The monoisotopic (exact) mass is 416 g/mol. The predicted molar refractivity (Wildman–Crippen MR) is 120 cm³/mol. The molecule has 0 bridgehead atoms. The molecule has 0 spiro atoms. The quantitative estimate of drug-likeness (QED) is 0.480. The van der Waals surface area contributed by atoms with Crippen molar-refractivity contribution in [2.75, 3.05) is 4.72 Å². The van der Waals surface area contributed by atoms with E-state index >= 15 is 0 Å². The first-order valence-corrected chi connectivity index (χ1v) is 11.8. The summed E-state index contributed by atoms with van der Waals surface area (Å²) in [5.41, 5.74) is 4.58. The highest BCUT2D eigenvalue weighted by Gasteiger charge is 2.20. The molecule has 3 aromatic rings. The molecule has 3 nitrogen and oxygen atoms in total. The SMILES string of the molecule is Cc1ccc(-c2ccc(SNc3nc(CS(=O)C(C)(C)C)cs3)cc2)cc1. The Kier molecular flexibility index (Phi) is 6.40. The van der Waals surface area contributed by atoms with Gasteiger partial charge in [0.2, 0.25) is 0 Å². The van der Waals surface area contributed by atoms with Gasteiger partial charge in [0.15, 0.2) is 5.13 Å². The second kappa shape index (κ2) is 8.59. The normalized spacial score (nSPS) is 12.7. The van der Waals surface area contributed by atoms with Crippen LogP contribution in [0.1, 0.15) is 32.0 Å². The van der Waals surface area contributed by atoms with Crippen LogP contribution in [0, 0.1) is 6.92 Å². The van der Waals surface area contributed by atoms with Crippen LogP contribution in [0.4, 0.5) is 5.13 Å². The minimum Gasteiger partial charge on any atom is -0.302 e. The molecule has 1 unspecified atom stereocenters. The molecule has 1 aromatic heterocycles.